The normalized spacial score (nSPS) is 12.6. The van der Waals surface area contributed by atoms with Gasteiger partial charge < -0.3 is 24.8 Å². The van der Waals surface area contributed by atoms with Gasteiger partial charge >= 0.3 is 11.9 Å². The van der Waals surface area contributed by atoms with Crippen molar-refractivity contribution in [3.8, 4) is 0 Å². The number of nitro groups is 1. The quantitative estimate of drug-likeness (QED) is 0.298. The average Bonchev–Trinajstić information content (AvgIpc) is 2.82. The van der Waals surface area contributed by atoms with Crippen LogP contribution in [-0.2, 0) is 23.8 Å². The number of esters is 2. The topological polar surface area (TPSA) is 163 Å². The lowest BCUT2D eigenvalue weighted by molar-refractivity contribution is -0.384. The number of benzene rings is 2. The van der Waals surface area contributed by atoms with Crippen LogP contribution in [0.15, 0.2) is 48.5 Å². The standard InChI is InChI=1S/C24H27N3O9/c1-24(2,3)36-23(31)19(34-4)18(22(30)35-5)26-21(29)14-6-10-16(11-7-14)25-20(28)15-8-12-17(13-9-15)27(32)33/h6-13,18-19H,1-5H3,(H,25,28)(H,26,29)/t18-,19-/m0/s1. The summed E-state index contributed by atoms with van der Waals surface area (Å²) in [6.45, 7) is 4.93. The van der Waals surface area contributed by atoms with Gasteiger partial charge in [-0.2, -0.15) is 0 Å². The fourth-order valence-electron chi connectivity index (χ4n) is 2.98. The molecule has 0 aliphatic heterocycles. The first-order chi connectivity index (χ1) is 16.9. The molecule has 0 saturated heterocycles. The number of rotatable bonds is 9. The van der Waals surface area contributed by atoms with Gasteiger partial charge in [0.1, 0.15) is 5.60 Å². The van der Waals surface area contributed by atoms with Gasteiger partial charge in [0.25, 0.3) is 17.5 Å². The maximum atomic E-state index is 12.8. The molecule has 2 aromatic rings. The first-order valence-corrected chi connectivity index (χ1v) is 10.7. The number of carbonyl (C=O) groups excluding carboxylic acids is 4. The van der Waals surface area contributed by atoms with Crippen molar-refractivity contribution in [2.75, 3.05) is 19.5 Å². The van der Waals surface area contributed by atoms with Gasteiger partial charge in [0.05, 0.1) is 12.0 Å². The minimum atomic E-state index is -1.48. The van der Waals surface area contributed by atoms with E-state index in [4.69, 9.17) is 14.2 Å². The van der Waals surface area contributed by atoms with Crippen molar-refractivity contribution in [2.24, 2.45) is 0 Å². The molecule has 0 aliphatic rings. The number of non-ortho nitro benzene ring substituents is 1. The van der Waals surface area contributed by atoms with Crippen molar-refractivity contribution < 1.29 is 38.3 Å². The summed E-state index contributed by atoms with van der Waals surface area (Å²) in [6.07, 6.45) is -1.46. The lowest BCUT2D eigenvalue weighted by Gasteiger charge is -2.27. The molecule has 2 amide bonds. The van der Waals surface area contributed by atoms with Crippen LogP contribution in [0.4, 0.5) is 11.4 Å². The number of nitro benzene ring substituents is 1. The SMILES string of the molecule is COC(=O)[C@@H](NC(=O)c1ccc(NC(=O)c2ccc([N+](=O)[O-])cc2)cc1)[C@H](OC)C(=O)OC(C)(C)C. The second-order valence-corrected chi connectivity index (χ2v) is 8.50. The Morgan fingerprint density at radius 3 is 1.86 bits per heavy atom. The predicted molar refractivity (Wildman–Crippen MR) is 127 cm³/mol. The number of ether oxygens (including phenoxy) is 3. The van der Waals surface area contributed by atoms with Gasteiger partial charge in [-0.3, -0.25) is 19.7 Å². The van der Waals surface area contributed by atoms with E-state index in [0.717, 1.165) is 7.11 Å². The van der Waals surface area contributed by atoms with Gasteiger partial charge in [0.2, 0.25) is 0 Å². The van der Waals surface area contributed by atoms with Gasteiger partial charge in [0, 0.05) is 36.1 Å². The monoisotopic (exact) mass is 501 g/mol. The van der Waals surface area contributed by atoms with E-state index in [9.17, 15) is 29.3 Å². The summed E-state index contributed by atoms with van der Waals surface area (Å²) in [5.74, 6) is -2.98. The third kappa shape index (κ3) is 7.60. The zero-order valence-corrected chi connectivity index (χ0v) is 20.4. The third-order valence-corrected chi connectivity index (χ3v) is 4.68. The molecule has 0 heterocycles. The first-order valence-electron chi connectivity index (χ1n) is 10.7. The highest BCUT2D eigenvalue weighted by Crippen LogP contribution is 2.16. The molecule has 0 unspecified atom stereocenters. The number of nitrogens with one attached hydrogen (secondary N) is 2. The Hall–Kier alpha value is -4.32. The van der Waals surface area contributed by atoms with Crippen LogP contribution in [0.1, 0.15) is 41.5 Å². The number of hydrogen-bond acceptors (Lipinski definition) is 9. The zero-order chi connectivity index (χ0) is 27.0. The molecule has 2 aromatic carbocycles. The number of nitrogens with zero attached hydrogens (tertiary/aromatic N) is 1. The first kappa shape index (κ1) is 27.9. The molecule has 2 atom stereocenters. The van der Waals surface area contributed by atoms with Crippen molar-refractivity contribution >= 4 is 35.1 Å². The van der Waals surface area contributed by atoms with Crippen LogP contribution in [0.2, 0.25) is 0 Å². The zero-order valence-electron chi connectivity index (χ0n) is 20.4. The molecule has 2 rings (SSSR count). The fraction of sp³-hybridized carbons (Fsp3) is 0.333. The molecule has 0 saturated carbocycles. The Balaban J connectivity index is 2.12. The number of amides is 2. The second kappa shape index (κ2) is 11.9. The summed E-state index contributed by atoms with van der Waals surface area (Å²) < 4.78 is 15.1. The Morgan fingerprint density at radius 1 is 0.861 bits per heavy atom. The Kier molecular flexibility index (Phi) is 9.22. The van der Waals surface area contributed by atoms with E-state index >= 15 is 0 Å². The number of hydrogen-bond donors (Lipinski definition) is 2. The van der Waals surface area contributed by atoms with E-state index in [2.05, 4.69) is 10.6 Å². The highest BCUT2D eigenvalue weighted by molar-refractivity contribution is 6.05. The van der Waals surface area contributed by atoms with E-state index < -0.39 is 46.4 Å². The molecular formula is C24H27N3O9. The van der Waals surface area contributed by atoms with Crippen LogP contribution in [0.25, 0.3) is 0 Å². The second-order valence-electron chi connectivity index (χ2n) is 8.50. The van der Waals surface area contributed by atoms with Crippen LogP contribution in [0, 0.1) is 10.1 Å². The summed E-state index contributed by atoms with van der Waals surface area (Å²) >= 11 is 0. The van der Waals surface area contributed by atoms with Crippen molar-refractivity contribution in [1.29, 1.82) is 0 Å². The lowest BCUT2D eigenvalue weighted by Crippen LogP contribution is -2.54. The molecule has 36 heavy (non-hydrogen) atoms. The van der Waals surface area contributed by atoms with E-state index in [-0.39, 0.29) is 16.8 Å². The van der Waals surface area contributed by atoms with E-state index in [0.29, 0.717) is 5.69 Å². The van der Waals surface area contributed by atoms with Crippen molar-refractivity contribution in [2.45, 2.75) is 38.5 Å². The Morgan fingerprint density at radius 2 is 1.39 bits per heavy atom. The van der Waals surface area contributed by atoms with Gasteiger partial charge in [0.15, 0.2) is 12.1 Å². The predicted octanol–water partition coefficient (Wildman–Crippen LogP) is 2.48. The van der Waals surface area contributed by atoms with Gasteiger partial charge in [-0.15, -0.1) is 0 Å². The summed E-state index contributed by atoms with van der Waals surface area (Å²) in [5.41, 5.74) is -0.322. The molecule has 12 nitrogen and oxygen atoms in total. The minimum absolute atomic E-state index is 0.122. The molecule has 0 fully saturated rings. The van der Waals surface area contributed by atoms with Crippen LogP contribution in [-0.4, -0.2) is 60.6 Å². The molecule has 0 aromatic heterocycles. The van der Waals surface area contributed by atoms with Crippen LogP contribution in [0.3, 0.4) is 0 Å². The Bertz CT molecular complexity index is 1120. The summed E-state index contributed by atoms with van der Waals surface area (Å²) in [4.78, 5) is 60.1. The molecule has 0 aliphatic carbocycles. The van der Waals surface area contributed by atoms with Crippen molar-refractivity contribution in [1.82, 2.24) is 5.32 Å². The molecule has 0 radical (unpaired) electrons. The maximum absolute atomic E-state index is 12.8. The molecule has 2 N–H and O–H groups in total. The van der Waals surface area contributed by atoms with E-state index in [1.54, 1.807) is 20.8 Å². The van der Waals surface area contributed by atoms with Gasteiger partial charge in [-0.1, -0.05) is 0 Å². The molecule has 12 heteroatoms. The van der Waals surface area contributed by atoms with Crippen LogP contribution >= 0.6 is 0 Å². The number of carbonyl (C=O) groups is 4. The average molecular weight is 501 g/mol. The smallest absolute Gasteiger partial charge is 0.338 e. The summed E-state index contributed by atoms with van der Waals surface area (Å²) in [5, 5.41) is 15.8. The highest BCUT2D eigenvalue weighted by atomic mass is 16.6. The van der Waals surface area contributed by atoms with Crippen molar-refractivity contribution in [3.63, 3.8) is 0 Å². The van der Waals surface area contributed by atoms with E-state index in [1.807, 2.05) is 0 Å². The largest absolute Gasteiger partial charge is 0.467 e. The molecule has 192 valence electrons. The minimum Gasteiger partial charge on any atom is -0.467 e. The molecule has 0 spiro atoms. The van der Waals surface area contributed by atoms with Crippen LogP contribution < -0.4 is 10.6 Å². The summed E-state index contributed by atoms with van der Waals surface area (Å²) in [7, 11) is 2.30. The van der Waals surface area contributed by atoms with Gasteiger partial charge in [-0.05, 0) is 57.2 Å². The maximum Gasteiger partial charge on any atom is 0.338 e. The van der Waals surface area contributed by atoms with Crippen molar-refractivity contribution in [3.05, 3.63) is 69.8 Å². The number of methoxy groups -OCH3 is 2. The van der Waals surface area contributed by atoms with E-state index in [1.165, 1.54) is 55.6 Å². The highest BCUT2D eigenvalue weighted by Gasteiger charge is 2.39. The van der Waals surface area contributed by atoms with Gasteiger partial charge in [-0.25, -0.2) is 9.59 Å². The Labute approximate surface area is 207 Å². The summed E-state index contributed by atoms with van der Waals surface area (Å²) in [6, 6.07) is 9.27. The fourth-order valence-corrected chi connectivity index (χ4v) is 2.98. The lowest BCUT2D eigenvalue weighted by atomic mass is 10.1. The molecular weight excluding hydrogens is 474 g/mol. The molecule has 0 bridgehead atoms. The van der Waals surface area contributed by atoms with Crippen LogP contribution in [0.5, 0.6) is 0 Å². The number of anilines is 1. The third-order valence-electron chi connectivity index (χ3n) is 4.68.